The van der Waals surface area contributed by atoms with Crippen LogP contribution in [0.25, 0.3) is 0 Å². The maximum atomic E-state index is 13.5. The van der Waals surface area contributed by atoms with Crippen molar-refractivity contribution in [1.82, 2.24) is 10.2 Å². The minimum Gasteiger partial charge on any atom is -0.459 e. The zero-order chi connectivity index (χ0) is 23.5. The van der Waals surface area contributed by atoms with E-state index in [0.29, 0.717) is 19.3 Å². The summed E-state index contributed by atoms with van der Waals surface area (Å²) in [6.45, 7) is 10.1. The lowest BCUT2D eigenvalue weighted by atomic mass is 10.0. The van der Waals surface area contributed by atoms with Crippen molar-refractivity contribution >= 4 is 18.3 Å². The molecule has 0 aliphatic heterocycles. The van der Waals surface area contributed by atoms with Crippen molar-refractivity contribution in [2.75, 3.05) is 6.54 Å². The smallest absolute Gasteiger partial charge is 0.403 e. The van der Waals surface area contributed by atoms with E-state index in [1.54, 1.807) is 41.5 Å². The number of hydrogen-bond donors (Lipinski definition) is 1. The summed E-state index contributed by atoms with van der Waals surface area (Å²) in [5.41, 5.74) is -0.797. The molecule has 2 amide bonds. The van der Waals surface area contributed by atoms with Gasteiger partial charge in [0.15, 0.2) is 0 Å². The zero-order valence-corrected chi connectivity index (χ0v) is 18.7. The number of esters is 1. The standard InChI is InChI=1S/C21H35F3N2O4/c1-7-11-17(28)26(14-27)13-10-8-9-12-16(21(22,23)24)25-18(15(2)3)19(29)30-20(4,5)6/h7,11,14-16,18,25H,8-10,12-13H2,1-6H3/b11-7-. The average Bonchev–Trinajstić information content (AvgIpc) is 2.57. The SMILES string of the molecule is C/C=C\C(=O)N(C=O)CCCCCC(NC(C(=O)OC(C)(C)C)C(C)C)C(F)(F)F. The Bertz CT molecular complexity index is 584. The number of rotatable bonds is 12. The highest BCUT2D eigenvalue weighted by atomic mass is 19.4. The fourth-order valence-electron chi connectivity index (χ4n) is 2.72. The first kappa shape index (κ1) is 28.1. The summed E-state index contributed by atoms with van der Waals surface area (Å²) in [4.78, 5) is 35.9. The monoisotopic (exact) mass is 436 g/mol. The number of nitrogens with one attached hydrogen (secondary N) is 1. The molecule has 174 valence electrons. The van der Waals surface area contributed by atoms with Gasteiger partial charge in [-0.05, 0) is 52.5 Å². The third kappa shape index (κ3) is 11.3. The molecule has 2 unspecified atom stereocenters. The molecule has 6 nitrogen and oxygen atoms in total. The first-order chi connectivity index (χ1) is 13.7. The molecule has 0 aromatic heterocycles. The number of ether oxygens (including phenoxy) is 1. The summed E-state index contributed by atoms with van der Waals surface area (Å²) in [6, 6.07) is -2.94. The van der Waals surface area contributed by atoms with Crippen molar-refractivity contribution in [1.29, 1.82) is 0 Å². The number of unbranched alkanes of at least 4 members (excludes halogenated alkanes) is 2. The van der Waals surface area contributed by atoms with Crippen LogP contribution in [0.5, 0.6) is 0 Å². The van der Waals surface area contributed by atoms with Crippen LogP contribution >= 0.6 is 0 Å². The Morgan fingerprint density at radius 3 is 2.13 bits per heavy atom. The van der Waals surface area contributed by atoms with Gasteiger partial charge < -0.3 is 4.74 Å². The molecule has 2 atom stereocenters. The van der Waals surface area contributed by atoms with Gasteiger partial charge in [-0.3, -0.25) is 24.6 Å². The van der Waals surface area contributed by atoms with Crippen LogP contribution in [0.2, 0.25) is 0 Å². The minimum absolute atomic E-state index is 0.142. The topological polar surface area (TPSA) is 75.7 Å². The molecule has 1 N–H and O–H groups in total. The highest BCUT2D eigenvalue weighted by Gasteiger charge is 2.42. The molecule has 0 aromatic rings. The summed E-state index contributed by atoms with van der Waals surface area (Å²) in [5, 5.41) is 2.43. The van der Waals surface area contributed by atoms with Crippen LogP contribution in [-0.2, 0) is 19.1 Å². The number of halogens is 3. The lowest BCUT2D eigenvalue weighted by Crippen LogP contribution is -2.53. The van der Waals surface area contributed by atoms with Gasteiger partial charge in [-0.1, -0.05) is 32.8 Å². The molecule has 0 aliphatic rings. The summed E-state index contributed by atoms with van der Waals surface area (Å²) < 4.78 is 45.8. The molecular formula is C21H35F3N2O4. The second-order valence-corrected chi connectivity index (χ2v) is 8.50. The normalized spacial score (nSPS) is 14.6. The first-order valence-corrected chi connectivity index (χ1v) is 10.2. The number of imide groups is 1. The molecule has 0 spiro atoms. The van der Waals surface area contributed by atoms with Crippen LogP contribution in [-0.4, -0.2) is 53.6 Å². The number of carbonyl (C=O) groups excluding carboxylic acids is 3. The van der Waals surface area contributed by atoms with Gasteiger partial charge in [-0.2, -0.15) is 13.2 Å². The van der Waals surface area contributed by atoms with Crippen LogP contribution in [0.1, 0.15) is 67.2 Å². The minimum atomic E-state index is -4.52. The van der Waals surface area contributed by atoms with E-state index >= 15 is 0 Å². The fraction of sp³-hybridized carbons (Fsp3) is 0.762. The van der Waals surface area contributed by atoms with Crippen LogP contribution in [0.15, 0.2) is 12.2 Å². The van der Waals surface area contributed by atoms with E-state index in [1.165, 1.54) is 12.2 Å². The number of allylic oxidation sites excluding steroid dienone is 1. The third-order valence-electron chi connectivity index (χ3n) is 4.21. The molecule has 0 saturated heterocycles. The molecule has 0 bridgehead atoms. The summed E-state index contributed by atoms with van der Waals surface area (Å²) >= 11 is 0. The molecule has 30 heavy (non-hydrogen) atoms. The van der Waals surface area contributed by atoms with Crippen molar-refractivity contribution in [2.45, 2.75) is 91.1 Å². The largest absolute Gasteiger partial charge is 0.459 e. The molecular weight excluding hydrogens is 401 g/mol. The van der Waals surface area contributed by atoms with E-state index in [2.05, 4.69) is 5.32 Å². The maximum absolute atomic E-state index is 13.5. The van der Waals surface area contributed by atoms with Crippen LogP contribution < -0.4 is 5.32 Å². The molecule has 0 rings (SSSR count). The van der Waals surface area contributed by atoms with Crippen molar-refractivity contribution in [2.24, 2.45) is 5.92 Å². The van der Waals surface area contributed by atoms with Crippen LogP contribution in [0.4, 0.5) is 13.2 Å². The molecule has 0 aromatic carbocycles. The van der Waals surface area contributed by atoms with E-state index in [-0.39, 0.29) is 25.3 Å². The van der Waals surface area contributed by atoms with E-state index in [4.69, 9.17) is 4.74 Å². The molecule has 0 saturated carbocycles. The summed E-state index contributed by atoms with van der Waals surface area (Å²) in [7, 11) is 0. The van der Waals surface area contributed by atoms with Gasteiger partial charge in [0.1, 0.15) is 17.7 Å². The number of carbonyl (C=O) groups is 3. The Balaban J connectivity index is 4.84. The van der Waals surface area contributed by atoms with Crippen molar-refractivity contribution < 1.29 is 32.3 Å². The number of nitrogens with zero attached hydrogens (tertiary/aromatic N) is 1. The first-order valence-electron chi connectivity index (χ1n) is 10.2. The van der Waals surface area contributed by atoms with Crippen LogP contribution in [0.3, 0.4) is 0 Å². The Kier molecular flexibility index (Phi) is 11.9. The van der Waals surface area contributed by atoms with Crippen molar-refractivity contribution in [3.05, 3.63) is 12.2 Å². The Morgan fingerprint density at radius 1 is 1.10 bits per heavy atom. The van der Waals surface area contributed by atoms with Crippen molar-refractivity contribution in [3.63, 3.8) is 0 Å². The lowest BCUT2D eigenvalue weighted by Gasteiger charge is -2.31. The summed E-state index contributed by atoms with van der Waals surface area (Å²) in [5.74, 6) is -1.56. The molecule has 0 heterocycles. The molecule has 9 heteroatoms. The number of amides is 2. The maximum Gasteiger partial charge on any atom is 0.403 e. The van der Waals surface area contributed by atoms with Gasteiger partial charge in [0.25, 0.3) is 5.91 Å². The Morgan fingerprint density at radius 2 is 1.70 bits per heavy atom. The Hall–Kier alpha value is -1.90. The average molecular weight is 437 g/mol. The quantitative estimate of drug-likeness (QED) is 0.217. The summed E-state index contributed by atoms with van der Waals surface area (Å²) in [6.07, 6.45) is -0.551. The van der Waals surface area contributed by atoms with Crippen molar-refractivity contribution in [3.8, 4) is 0 Å². The van der Waals surface area contributed by atoms with Gasteiger partial charge in [0.2, 0.25) is 6.41 Å². The van der Waals surface area contributed by atoms with Crippen LogP contribution in [0, 0.1) is 5.92 Å². The third-order valence-corrected chi connectivity index (χ3v) is 4.21. The van der Waals surface area contributed by atoms with Gasteiger partial charge in [-0.15, -0.1) is 0 Å². The molecule has 0 radical (unpaired) electrons. The molecule has 0 aliphatic carbocycles. The highest BCUT2D eigenvalue weighted by Crippen LogP contribution is 2.26. The predicted molar refractivity (Wildman–Crippen MR) is 109 cm³/mol. The Labute approximate surface area is 177 Å². The van der Waals surface area contributed by atoms with E-state index < -0.39 is 35.7 Å². The lowest BCUT2D eigenvalue weighted by molar-refractivity contribution is -0.170. The predicted octanol–water partition coefficient (Wildman–Crippen LogP) is 3.99. The van der Waals surface area contributed by atoms with E-state index in [0.717, 1.165) is 4.90 Å². The number of alkyl halides is 3. The zero-order valence-electron chi connectivity index (χ0n) is 18.7. The van der Waals surface area contributed by atoms with Gasteiger partial charge in [0.05, 0.1) is 0 Å². The van der Waals surface area contributed by atoms with Gasteiger partial charge in [0, 0.05) is 6.54 Å². The van der Waals surface area contributed by atoms with Gasteiger partial charge in [-0.25, -0.2) is 0 Å². The number of hydrogen-bond acceptors (Lipinski definition) is 5. The molecule has 0 fully saturated rings. The van der Waals surface area contributed by atoms with E-state index in [1.807, 2.05) is 0 Å². The second-order valence-electron chi connectivity index (χ2n) is 8.50. The fourth-order valence-corrected chi connectivity index (χ4v) is 2.72. The van der Waals surface area contributed by atoms with E-state index in [9.17, 15) is 27.6 Å². The van der Waals surface area contributed by atoms with Gasteiger partial charge >= 0.3 is 12.1 Å². The highest BCUT2D eigenvalue weighted by molar-refractivity contribution is 5.94. The second kappa shape index (κ2) is 12.7.